The third kappa shape index (κ3) is 19.8. The smallest absolute Gasteiger partial charge is 0.350 e. The zero-order chi connectivity index (χ0) is 58.9. The lowest BCUT2D eigenvalue weighted by Crippen LogP contribution is -2.46. The minimum Gasteiger partial charge on any atom is -0.550 e. The third-order valence-electron chi connectivity index (χ3n) is 14.6. The number of nitrogens with zero attached hydrogens (tertiary/aromatic N) is 8. The Morgan fingerprint density at radius 3 is 1.87 bits per heavy atom. The second-order valence-electron chi connectivity index (χ2n) is 21.0. The highest BCUT2D eigenvalue weighted by Crippen LogP contribution is 2.42. The van der Waals surface area contributed by atoms with Gasteiger partial charge in [0.05, 0.1) is 44.0 Å². The summed E-state index contributed by atoms with van der Waals surface area (Å²) in [6.07, 6.45) is 13.6. The number of aromatic nitrogens is 6. The van der Waals surface area contributed by atoms with Gasteiger partial charge in [0.25, 0.3) is 0 Å². The van der Waals surface area contributed by atoms with Crippen molar-refractivity contribution in [1.29, 1.82) is 0 Å². The number of aliphatic hydroxyl groups is 1. The van der Waals surface area contributed by atoms with E-state index in [2.05, 4.69) is 51.0 Å². The van der Waals surface area contributed by atoms with Crippen LogP contribution in [0.4, 0.5) is 20.2 Å². The van der Waals surface area contributed by atoms with Crippen molar-refractivity contribution in [2.75, 3.05) is 62.4 Å². The Morgan fingerprint density at radius 2 is 1.33 bits per heavy atom. The first kappa shape index (κ1) is 64.0. The van der Waals surface area contributed by atoms with E-state index in [-0.39, 0.29) is 56.7 Å². The van der Waals surface area contributed by atoms with Gasteiger partial charge in [0.1, 0.15) is 55.2 Å². The van der Waals surface area contributed by atoms with Gasteiger partial charge < -0.3 is 48.5 Å². The highest BCUT2D eigenvalue weighted by molar-refractivity contribution is 5.76. The summed E-state index contributed by atoms with van der Waals surface area (Å²) in [5, 5.41) is 29.0. The van der Waals surface area contributed by atoms with Gasteiger partial charge in [-0.3, -0.25) is 14.4 Å². The van der Waals surface area contributed by atoms with Crippen LogP contribution in [0, 0.1) is 17.6 Å². The zero-order valence-electron chi connectivity index (χ0n) is 47.8. The van der Waals surface area contributed by atoms with Gasteiger partial charge in [-0.25, -0.2) is 32.5 Å². The van der Waals surface area contributed by atoms with Gasteiger partial charge in [0.15, 0.2) is 6.10 Å². The molecule has 4 heterocycles. The molecule has 0 saturated carbocycles. The van der Waals surface area contributed by atoms with Crippen LogP contribution in [0.2, 0.25) is 0 Å². The second-order valence-corrected chi connectivity index (χ2v) is 21.0. The fourth-order valence-corrected chi connectivity index (χ4v) is 10.1. The maximum atomic E-state index is 15.0. The summed E-state index contributed by atoms with van der Waals surface area (Å²) >= 11 is 0. The highest BCUT2D eigenvalue weighted by Gasteiger charge is 2.45. The molecule has 0 amide bonds. The fourth-order valence-electron chi connectivity index (χ4n) is 10.1. The molecule has 20 nitrogen and oxygen atoms in total. The molecule has 22 heteroatoms. The number of carbonyl (C=O) groups excluding carboxylic acids is 4. The number of esters is 3. The first-order valence-corrected chi connectivity index (χ1v) is 28.9. The van der Waals surface area contributed by atoms with Gasteiger partial charge in [-0.1, -0.05) is 78.2 Å². The number of hydrogen-bond donors (Lipinski definition) is 1. The number of aliphatic carboxylic acids is 1. The van der Waals surface area contributed by atoms with Crippen molar-refractivity contribution in [2.45, 2.75) is 161 Å². The molecule has 1 N–H and O–H groups in total. The van der Waals surface area contributed by atoms with Crippen molar-refractivity contribution in [3.63, 3.8) is 0 Å². The number of hydrogen-bond acceptors (Lipinski definition) is 17. The summed E-state index contributed by atoms with van der Waals surface area (Å²) in [5.74, 6) is -3.52. The predicted octanol–water partition coefficient (Wildman–Crippen LogP) is 7.81. The van der Waals surface area contributed by atoms with E-state index in [0.717, 1.165) is 119 Å². The summed E-state index contributed by atoms with van der Waals surface area (Å²) in [4.78, 5) is 67.7. The molecule has 0 unspecified atom stereocenters. The maximum Gasteiger partial charge on any atom is 0.350 e. The summed E-state index contributed by atoms with van der Waals surface area (Å²) in [6.45, 7) is 11.7. The van der Waals surface area contributed by atoms with Crippen LogP contribution in [0.3, 0.4) is 0 Å². The van der Waals surface area contributed by atoms with E-state index in [1.165, 1.54) is 34.0 Å². The van der Waals surface area contributed by atoms with E-state index in [9.17, 15) is 43.0 Å². The number of rotatable bonds is 32. The number of halogens is 2. The van der Waals surface area contributed by atoms with Crippen molar-refractivity contribution in [1.82, 2.24) is 29.1 Å². The Kier molecular flexibility index (Phi) is 25.8. The van der Waals surface area contributed by atoms with Crippen LogP contribution in [0.1, 0.15) is 142 Å². The molecule has 3 aromatic carbocycles. The second kappa shape index (κ2) is 33.0. The monoisotopic (exact) mass is 1140 g/mol. The third-order valence-corrected chi connectivity index (χ3v) is 14.6. The topological polar surface area (TPSA) is 235 Å². The standard InChI is InChI=1S/C37H42F2N8O4.C23H40O8/c1-3-35(26(2)48)47-36(49)46(25-42-47)31-7-5-29(6-8-31)43-14-16-44(17-15-43)30-9-11-32(12-10-30)50-20-27-19-37(51-21-27,22-45-24-40-23-41-45)33-13-4-28(38)18-34(33)39;1-3-5-7-9-11-13-21(26)29-17-19(31-23(28)16-15-20(24)25)18-30-22(27)14-12-10-8-6-4-2/h4-13,18,23-27,35,48H,3,14-17,19-22H2,1-2H3;19H,3-18H2,1-2H3,(H,24,25)/p-1/t26-,27+,35-,37-;/m0./s1. The molecule has 0 bridgehead atoms. The van der Waals surface area contributed by atoms with E-state index >= 15 is 0 Å². The zero-order valence-corrected chi connectivity index (χ0v) is 47.8. The number of carboxylic acid groups (broad SMARTS) is 1. The first-order chi connectivity index (χ1) is 39.6. The Balaban J connectivity index is 0.000000302. The molecular formula is C60H81F2N8O12-. The number of piperazine rings is 1. The van der Waals surface area contributed by atoms with Crippen LogP contribution in [0.15, 0.2) is 90.5 Å². The summed E-state index contributed by atoms with van der Waals surface area (Å²) < 4.78 is 61.0. The predicted molar refractivity (Wildman–Crippen MR) is 300 cm³/mol. The lowest BCUT2D eigenvalue weighted by atomic mass is 9.87. The van der Waals surface area contributed by atoms with Gasteiger partial charge >= 0.3 is 23.6 Å². The van der Waals surface area contributed by atoms with E-state index < -0.39 is 59.7 Å². The molecular weight excluding hydrogens is 1060 g/mol. The van der Waals surface area contributed by atoms with Crippen molar-refractivity contribution < 1.29 is 61.9 Å². The molecule has 4 atom stereocenters. The summed E-state index contributed by atoms with van der Waals surface area (Å²) in [5.41, 5.74) is 1.93. The van der Waals surface area contributed by atoms with Gasteiger partial charge in [-0.15, -0.1) is 0 Å². The number of aliphatic hydroxyl groups excluding tert-OH is 1. The largest absolute Gasteiger partial charge is 0.550 e. The number of benzene rings is 3. The number of unbranched alkanes of at least 4 members (excludes halogenated alkanes) is 8. The van der Waals surface area contributed by atoms with Gasteiger partial charge in [-0.2, -0.15) is 10.2 Å². The molecule has 448 valence electrons. The minimum atomic E-state index is -1.36. The number of ether oxygens (including phenoxy) is 5. The van der Waals surface area contributed by atoms with Crippen molar-refractivity contribution in [2.24, 2.45) is 5.92 Å². The molecule has 2 aliphatic rings. The Bertz CT molecular complexity index is 2760. The normalized spacial score (nSPS) is 16.8. The first-order valence-electron chi connectivity index (χ1n) is 28.9. The molecule has 2 aliphatic heterocycles. The average molecular weight is 1140 g/mol. The van der Waals surface area contributed by atoms with Crippen LogP contribution in [-0.4, -0.2) is 123 Å². The van der Waals surface area contributed by atoms with Crippen LogP contribution in [-0.2, 0) is 50.3 Å². The summed E-state index contributed by atoms with van der Waals surface area (Å²) in [7, 11) is 0. The van der Waals surface area contributed by atoms with Gasteiger partial charge in [0.2, 0.25) is 0 Å². The fraction of sp³-hybridized carbons (Fsp3) is 0.567. The van der Waals surface area contributed by atoms with E-state index in [1.54, 1.807) is 17.9 Å². The molecule has 2 fully saturated rings. The SMILES string of the molecule is CCCCCCCC(=O)OCC(COC(=O)CCCCCCC)OC(=O)CCC(=O)[O-].CC[C@@H]([C@H](C)O)n1ncn(-c2ccc(N3CCN(c4ccc(OC[C@@H]5CO[C@@](Cn6cncn6)(c6ccc(F)cc6F)C5)cc4)CC3)cc2)c1=O. The van der Waals surface area contributed by atoms with Gasteiger partial charge in [0, 0.05) is 73.9 Å². The number of carbonyl (C=O) groups is 4. The molecule has 0 aliphatic carbocycles. The quantitative estimate of drug-likeness (QED) is 0.0246. The van der Waals surface area contributed by atoms with E-state index in [1.807, 2.05) is 43.3 Å². The van der Waals surface area contributed by atoms with Crippen LogP contribution < -0.4 is 25.3 Å². The van der Waals surface area contributed by atoms with Crippen molar-refractivity contribution in [3.05, 3.63) is 113 Å². The molecule has 82 heavy (non-hydrogen) atoms. The molecule has 0 spiro atoms. The van der Waals surface area contributed by atoms with Crippen LogP contribution in [0.25, 0.3) is 5.69 Å². The van der Waals surface area contributed by atoms with E-state index in [0.29, 0.717) is 31.6 Å². The molecule has 7 rings (SSSR count). The minimum absolute atomic E-state index is 0.0121. The molecule has 2 saturated heterocycles. The highest BCUT2D eigenvalue weighted by atomic mass is 19.1. The molecule has 2 aromatic heterocycles. The average Bonchev–Trinajstić information content (AvgIpc) is 4.44. The lowest BCUT2D eigenvalue weighted by molar-refractivity contribution is -0.305. The van der Waals surface area contributed by atoms with Crippen LogP contribution in [0.5, 0.6) is 5.75 Å². The summed E-state index contributed by atoms with van der Waals surface area (Å²) in [6, 6.07) is 19.2. The maximum absolute atomic E-state index is 15.0. The Labute approximate surface area is 478 Å². The van der Waals surface area contributed by atoms with Crippen LogP contribution >= 0.6 is 0 Å². The molecule has 0 radical (unpaired) electrons. The Morgan fingerprint density at radius 1 is 0.744 bits per heavy atom. The van der Waals surface area contributed by atoms with Crippen molar-refractivity contribution >= 4 is 35.3 Å². The number of anilines is 2. The van der Waals surface area contributed by atoms with Gasteiger partial charge in [-0.05, 0) is 93.6 Å². The Hall–Kier alpha value is -7.20. The number of carboxylic acids is 1. The lowest BCUT2D eigenvalue weighted by Gasteiger charge is -2.37. The van der Waals surface area contributed by atoms with Crippen molar-refractivity contribution in [3.8, 4) is 11.4 Å². The molecule has 5 aromatic rings. The van der Waals surface area contributed by atoms with E-state index in [4.69, 9.17) is 23.7 Å².